The maximum atomic E-state index is 12.0. The highest BCUT2D eigenvalue weighted by molar-refractivity contribution is 6.22. The third-order valence-electron chi connectivity index (χ3n) is 4.45. The Bertz CT molecular complexity index is 705. The summed E-state index contributed by atoms with van der Waals surface area (Å²) in [5.41, 5.74) is -0.722. The zero-order valence-corrected chi connectivity index (χ0v) is 15.6. The van der Waals surface area contributed by atoms with E-state index in [2.05, 4.69) is 10.6 Å². The van der Waals surface area contributed by atoms with Crippen LogP contribution in [0.25, 0.3) is 0 Å². The van der Waals surface area contributed by atoms with E-state index in [4.69, 9.17) is 25.5 Å². The van der Waals surface area contributed by atoms with Crippen LogP contribution in [0.4, 0.5) is 4.79 Å². The van der Waals surface area contributed by atoms with Crippen molar-refractivity contribution in [3.05, 3.63) is 35.9 Å². The molecule has 0 aromatic heterocycles. The van der Waals surface area contributed by atoms with E-state index in [9.17, 15) is 19.2 Å². The monoisotopic (exact) mass is 412 g/mol. The number of aldehydes is 1. The molecule has 1 aromatic rings. The fraction of sp³-hybridized carbons (Fsp3) is 0.444. The molecule has 1 heterocycles. The summed E-state index contributed by atoms with van der Waals surface area (Å²) in [4.78, 5) is 44.9. The number of aliphatic hydroxyl groups is 5. The van der Waals surface area contributed by atoms with E-state index in [-0.39, 0.29) is 6.29 Å². The molecule has 2 rings (SSSR count). The Balaban J connectivity index is 0.000000311. The molecule has 0 aliphatic carbocycles. The number of carbonyl (C=O) groups excluding carboxylic acids is 4. The quantitative estimate of drug-likeness (QED) is 0.184. The molecule has 0 spiro atoms. The van der Waals surface area contributed by atoms with Crippen molar-refractivity contribution in [3.63, 3.8) is 0 Å². The van der Waals surface area contributed by atoms with Crippen LogP contribution < -0.4 is 10.6 Å². The molecule has 4 atom stereocenters. The lowest BCUT2D eigenvalue weighted by atomic mass is 9.75. The van der Waals surface area contributed by atoms with E-state index >= 15 is 0 Å². The smallest absolute Gasteiger partial charge is 0.328 e. The predicted octanol–water partition coefficient (Wildman–Crippen LogP) is -2.68. The molecule has 0 unspecified atom stereocenters. The van der Waals surface area contributed by atoms with Gasteiger partial charge in [-0.1, -0.05) is 37.3 Å². The summed E-state index contributed by atoms with van der Waals surface area (Å²) in [5, 5.41) is 47.8. The van der Waals surface area contributed by atoms with Crippen molar-refractivity contribution in [2.75, 3.05) is 6.61 Å². The molecular formula is C18H24N2O9. The molecule has 29 heavy (non-hydrogen) atoms. The standard InChI is InChI=1S/C12H12N2O3.C6H12O6/c1-2-12(8-6-4-3-5-7-8)9(15)13-11(17)14-10(12)16;7-1-3(9)5(11)6(12)4(10)2-8/h3-7H,2H2,1H3,(H2,13,14,15,16,17);1,3-6,8-12H,2H2/t;3-,4+,5+,6+/m.0/s1. The van der Waals surface area contributed by atoms with Crippen molar-refractivity contribution in [1.29, 1.82) is 0 Å². The van der Waals surface area contributed by atoms with Gasteiger partial charge in [-0.2, -0.15) is 0 Å². The second kappa shape index (κ2) is 10.7. The van der Waals surface area contributed by atoms with Crippen LogP contribution in [0, 0.1) is 0 Å². The van der Waals surface area contributed by atoms with Crippen LogP contribution in [-0.4, -0.2) is 80.7 Å². The zero-order valence-electron chi connectivity index (χ0n) is 15.6. The number of amides is 4. The number of urea groups is 1. The lowest BCUT2D eigenvalue weighted by Gasteiger charge is -2.33. The van der Waals surface area contributed by atoms with Crippen LogP contribution >= 0.6 is 0 Å². The van der Waals surface area contributed by atoms with E-state index in [0.717, 1.165) is 0 Å². The normalized spacial score (nSPS) is 19.6. The molecule has 7 N–H and O–H groups in total. The van der Waals surface area contributed by atoms with Crippen LogP contribution in [-0.2, 0) is 19.8 Å². The van der Waals surface area contributed by atoms with Gasteiger partial charge in [0, 0.05) is 0 Å². The van der Waals surface area contributed by atoms with Gasteiger partial charge in [0.2, 0.25) is 11.8 Å². The second-order valence-corrected chi connectivity index (χ2v) is 6.22. The molecule has 0 radical (unpaired) electrons. The number of benzene rings is 1. The van der Waals surface area contributed by atoms with Crippen molar-refractivity contribution < 1.29 is 44.7 Å². The summed E-state index contributed by atoms with van der Waals surface area (Å²) in [6, 6.07) is 7.96. The molecule has 1 aliphatic heterocycles. The average Bonchev–Trinajstić information content (AvgIpc) is 2.72. The number of hydrogen-bond acceptors (Lipinski definition) is 9. The Morgan fingerprint density at radius 2 is 1.48 bits per heavy atom. The topological polar surface area (TPSA) is 193 Å². The van der Waals surface area contributed by atoms with Gasteiger partial charge in [-0.15, -0.1) is 0 Å². The Labute approximate surface area is 166 Å². The van der Waals surface area contributed by atoms with Gasteiger partial charge in [0.05, 0.1) is 6.61 Å². The fourth-order valence-electron chi connectivity index (χ4n) is 2.68. The molecule has 1 aliphatic rings. The fourth-order valence-corrected chi connectivity index (χ4v) is 2.68. The molecule has 11 heteroatoms. The van der Waals surface area contributed by atoms with E-state index in [1.54, 1.807) is 37.3 Å². The Morgan fingerprint density at radius 3 is 1.90 bits per heavy atom. The van der Waals surface area contributed by atoms with Gasteiger partial charge >= 0.3 is 6.03 Å². The zero-order chi connectivity index (χ0) is 22.2. The summed E-state index contributed by atoms with van der Waals surface area (Å²) in [6.07, 6.45) is -6.55. The summed E-state index contributed by atoms with van der Waals surface area (Å²) in [7, 11) is 0. The van der Waals surface area contributed by atoms with E-state index in [0.29, 0.717) is 12.0 Å². The van der Waals surface area contributed by atoms with Crippen LogP contribution in [0.3, 0.4) is 0 Å². The minimum Gasteiger partial charge on any atom is -0.394 e. The van der Waals surface area contributed by atoms with Crippen LogP contribution in [0.1, 0.15) is 18.9 Å². The highest BCUT2D eigenvalue weighted by Crippen LogP contribution is 2.30. The molecular weight excluding hydrogens is 388 g/mol. The molecule has 160 valence electrons. The number of carbonyl (C=O) groups is 4. The van der Waals surface area contributed by atoms with Crippen molar-refractivity contribution in [2.45, 2.75) is 43.2 Å². The lowest BCUT2D eigenvalue weighted by Crippen LogP contribution is -2.64. The highest BCUT2D eigenvalue weighted by atomic mass is 16.4. The number of barbiturate groups is 1. The van der Waals surface area contributed by atoms with Gasteiger partial charge in [0.25, 0.3) is 0 Å². The summed E-state index contributed by atoms with van der Waals surface area (Å²) in [5.74, 6) is -1.14. The predicted molar refractivity (Wildman–Crippen MR) is 97.3 cm³/mol. The minimum atomic E-state index is -1.79. The minimum absolute atomic E-state index is 0.0258. The van der Waals surface area contributed by atoms with E-state index < -0.39 is 54.3 Å². The molecule has 11 nitrogen and oxygen atoms in total. The first-order valence-corrected chi connectivity index (χ1v) is 8.66. The molecule has 0 saturated carbocycles. The number of hydrogen-bond donors (Lipinski definition) is 7. The first-order valence-electron chi connectivity index (χ1n) is 8.66. The van der Waals surface area contributed by atoms with Gasteiger partial charge in [-0.25, -0.2) is 4.79 Å². The van der Waals surface area contributed by atoms with E-state index in [1.165, 1.54) is 0 Å². The van der Waals surface area contributed by atoms with Crippen molar-refractivity contribution in [2.24, 2.45) is 0 Å². The summed E-state index contributed by atoms with van der Waals surface area (Å²) in [6.45, 7) is 0.978. The number of rotatable bonds is 7. The van der Waals surface area contributed by atoms with Gasteiger partial charge in [0.15, 0.2) is 11.7 Å². The third-order valence-corrected chi connectivity index (χ3v) is 4.45. The van der Waals surface area contributed by atoms with Crippen LogP contribution in [0.15, 0.2) is 30.3 Å². The number of aliphatic hydroxyl groups excluding tert-OH is 5. The Morgan fingerprint density at radius 1 is 0.966 bits per heavy atom. The number of imide groups is 2. The van der Waals surface area contributed by atoms with Gasteiger partial charge in [-0.3, -0.25) is 20.2 Å². The van der Waals surface area contributed by atoms with E-state index in [1.807, 2.05) is 0 Å². The van der Waals surface area contributed by atoms with Crippen molar-refractivity contribution in [3.8, 4) is 0 Å². The Kier molecular flexibility index (Phi) is 9.01. The maximum absolute atomic E-state index is 12.0. The number of nitrogens with one attached hydrogen (secondary N) is 2. The SMILES string of the molecule is CCC1(c2ccccc2)C(=O)NC(=O)NC1=O.O=C[C@H](O)[C@@H](O)[C@H](O)[C@H](O)CO. The lowest BCUT2D eigenvalue weighted by molar-refractivity contribution is -0.138. The average molecular weight is 412 g/mol. The first-order chi connectivity index (χ1) is 13.6. The molecule has 1 fully saturated rings. The van der Waals surface area contributed by atoms with Gasteiger partial charge < -0.3 is 30.3 Å². The summed E-state index contributed by atoms with van der Waals surface area (Å²) < 4.78 is 0. The van der Waals surface area contributed by atoms with Crippen LogP contribution in [0.2, 0.25) is 0 Å². The highest BCUT2D eigenvalue weighted by Gasteiger charge is 2.50. The van der Waals surface area contributed by atoms with Crippen LogP contribution in [0.5, 0.6) is 0 Å². The molecule has 0 bridgehead atoms. The summed E-state index contributed by atoms with van der Waals surface area (Å²) >= 11 is 0. The second-order valence-electron chi connectivity index (χ2n) is 6.22. The largest absolute Gasteiger partial charge is 0.394 e. The van der Waals surface area contributed by atoms with Crippen molar-refractivity contribution >= 4 is 24.1 Å². The van der Waals surface area contributed by atoms with Gasteiger partial charge in [0.1, 0.15) is 24.4 Å². The molecule has 1 aromatic carbocycles. The third kappa shape index (κ3) is 5.43. The van der Waals surface area contributed by atoms with Gasteiger partial charge in [-0.05, 0) is 12.0 Å². The first kappa shape index (κ1) is 24.3. The molecule has 4 amide bonds. The Hall–Kier alpha value is -2.70. The molecule has 1 saturated heterocycles. The van der Waals surface area contributed by atoms with Crippen molar-refractivity contribution in [1.82, 2.24) is 10.6 Å². The maximum Gasteiger partial charge on any atom is 0.328 e.